The number of carbonyl (C=O) groups is 1. The monoisotopic (exact) mass is 100 g/mol. The second-order valence-electron chi connectivity index (χ2n) is 1.70. The Bertz CT molecular complexity index is 87.7. The van der Waals surface area contributed by atoms with Gasteiger partial charge in [0.25, 0.3) is 0 Å². The van der Waals surface area contributed by atoms with Crippen molar-refractivity contribution in [1.29, 1.82) is 0 Å². The lowest BCUT2D eigenvalue weighted by Crippen LogP contribution is -2.51. The normalized spacial score (nSPS) is 28.9. The van der Waals surface area contributed by atoms with Gasteiger partial charge in [-0.2, -0.15) is 0 Å². The quantitative estimate of drug-likeness (QED) is 0.436. The summed E-state index contributed by atoms with van der Waals surface area (Å²) in [4.78, 5) is 10.1. The topological polar surface area (TPSA) is 55.1 Å². The highest BCUT2D eigenvalue weighted by Gasteiger charge is 2.20. The molecule has 1 heterocycles. The van der Waals surface area contributed by atoms with E-state index in [1.54, 1.807) is 0 Å². The van der Waals surface area contributed by atoms with Gasteiger partial charge in [0.15, 0.2) is 0 Å². The summed E-state index contributed by atoms with van der Waals surface area (Å²) in [5.74, 6) is -0.230. The molecule has 1 atom stereocenters. The van der Waals surface area contributed by atoms with Crippen molar-refractivity contribution in [2.45, 2.75) is 12.5 Å². The smallest absolute Gasteiger partial charge is 0.234 e. The molecule has 7 heavy (non-hydrogen) atoms. The minimum Gasteiger partial charge on any atom is -0.368 e. The third kappa shape index (κ3) is 0.718. The van der Waals surface area contributed by atoms with Crippen LogP contribution in [0.3, 0.4) is 0 Å². The van der Waals surface area contributed by atoms with Crippen molar-refractivity contribution in [2.24, 2.45) is 5.73 Å². The molecule has 0 bridgehead atoms. The Morgan fingerprint density at radius 1 is 1.86 bits per heavy atom. The lowest BCUT2D eigenvalue weighted by atomic mass is 10.1. The summed E-state index contributed by atoms with van der Waals surface area (Å²) in [6, 6.07) is -0.0278. The molecule has 0 radical (unpaired) electrons. The third-order valence-electron chi connectivity index (χ3n) is 1.17. The van der Waals surface area contributed by atoms with Crippen molar-refractivity contribution < 1.29 is 4.79 Å². The fourth-order valence-electron chi connectivity index (χ4n) is 0.532. The van der Waals surface area contributed by atoms with Gasteiger partial charge < -0.3 is 11.1 Å². The molecule has 1 fully saturated rings. The van der Waals surface area contributed by atoms with Gasteiger partial charge in [-0.15, -0.1) is 0 Å². The van der Waals surface area contributed by atoms with E-state index in [0.29, 0.717) is 0 Å². The van der Waals surface area contributed by atoms with E-state index in [1.165, 1.54) is 0 Å². The average Bonchev–Trinajstić information content (AvgIpc) is 1.23. The molecule has 0 aliphatic carbocycles. The van der Waals surface area contributed by atoms with Crippen LogP contribution in [0.15, 0.2) is 0 Å². The Hall–Kier alpha value is -0.570. The molecule has 0 aromatic carbocycles. The molecule has 3 N–H and O–H groups in total. The Kier molecular flexibility index (Phi) is 0.982. The summed E-state index contributed by atoms with van der Waals surface area (Å²) in [7, 11) is 0. The van der Waals surface area contributed by atoms with Gasteiger partial charge in [0, 0.05) is 0 Å². The largest absolute Gasteiger partial charge is 0.368 e. The second kappa shape index (κ2) is 1.50. The van der Waals surface area contributed by atoms with Crippen molar-refractivity contribution in [3.05, 3.63) is 0 Å². The van der Waals surface area contributed by atoms with E-state index in [1.807, 2.05) is 0 Å². The maximum absolute atomic E-state index is 10.1. The highest BCUT2D eigenvalue weighted by molar-refractivity contribution is 5.80. The fourth-order valence-corrected chi connectivity index (χ4v) is 0.532. The molecule has 1 rings (SSSR count). The van der Waals surface area contributed by atoms with Crippen LogP contribution >= 0.6 is 0 Å². The minimum atomic E-state index is -0.230. The SMILES string of the molecule is NC(=O)[C@H]1CCN1. The molecule has 0 saturated carbocycles. The molecule has 1 aliphatic heterocycles. The van der Waals surface area contributed by atoms with Crippen LogP contribution in [0.5, 0.6) is 0 Å². The maximum Gasteiger partial charge on any atom is 0.234 e. The molecule has 0 aromatic rings. The van der Waals surface area contributed by atoms with Gasteiger partial charge in [-0.1, -0.05) is 0 Å². The Labute approximate surface area is 41.9 Å². The van der Waals surface area contributed by atoms with Gasteiger partial charge >= 0.3 is 0 Å². The van der Waals surface area contributed by atoms with Gasteiger partial charge in [-0.3, -0.25) is 4.79 Å². The van der Waals surface area contributed by atoms with Gasteiger partial charge in [0.1, 0.15) is 0 Å². The molecule has 1 amide bonds. The summed E-state index contributed by atoms with van der Waals surface area (Å²) >= 11 is 0. The van der Waals surface area contributed by atoms with Crippen molar-refractivity contribution in [1.82, 2.24) is 5.32 Å². The van der Waals surface area contributed by atoms with Crippen LogP contribution in [0.2, 0.25) is 0 Å². The molecule has 3 heteroatoms. The molecule has 0 unspecified atom stereocenters. The van der Waals surface area contributed by atoms with E-state index in [9.17, 15) is 4.79 Å². The fraction of sp³-hybridized carbons (Fsp3) is 0.750. The molecule has 1 saturated heterocycles. The predicted molar refractivity (Wildman–Crippen MR) is 25.6 cm³/mol. The van der Waals surface area contributed by atoms with Gasteiger partial charge in [0.2, 0.25) is 5.91 Å². The Balaban J connectivity index is 2.27. The van der Waals surface area contributed by atoms with Crippen LogP contribution in [0.4, 0.5) is 0 Å². The van der Waals surface area contributed by atoms with E-state index in [4.69, 9.17) is 5.73 Å². The van der Waals surface area contributed by atoms with E-state index >= 15 is 0 Å². The Morgan fingerprint density at radius 3 is 2.43 bits per heavy atom. The molecule has 0 aromatic heterocycles. The van der Waals surface area contributed by atoms with Crippen LogP contribution in [0, 0.1) is 0 Å². The Morgan fingerprint density at radius 2 is 2.43 bits per heavy atom. The second-order valence-corrected chi connectivity index (χ2v) is 1.70. The molecule has 40 valence electrons. The number of rotatable bonds is 1. The predicted octanol–water partition coefficient (Wildman–Crippen LogP) is -1.17. The van der Waals surface area contributed by atoms with Gasteiger partial charge in [-0.25, -0.2) is 0 Å². The summed E-state index contributed by atoms with van der Waals surface area (Å²) in [5.41, 5.74) is 4.90. The lowest BCUT2D eigenvalue weighted by molar-refractivity contribution is -0.121. The minimum absolute atomic E-state index is 0.0278. The molecular weight excluding hydrogens is 92.1 g/mol. The molecular formula is C4H8N2O. The summed E-state index contributed by atoms with van der Waals surface area (Å²) < 4.78 is 0. The number of hydrogen-bond donors (Lipinski definition) is 2. The highest BCUT2D eigenvalue weighted by Crippen LogP contribution is 1.98. The van der Waals surface area contributed by atoms with Gasteiger partial charge in [-0.05, 0) is 13.0 Å². The zero-order valence-corrected chi connectivity index (χ0v) is 3.98. The number of amides is 1. The zero-order chi connectivity index (χ0) is 5.28. The number of nitrogens with two attached hydrogens (primary N) is 1. The van der Waals surface area contributed by atoms with Crippen molar-refractivity contribution >= 4 is 5.91 Å². The van der Waals surface area contributed by atoms with Crippen LogP contribution in [0.1, 0.15) is 6.42 Å². The first kappa shape index (κ1) is 4.59. The van der Waals surface area contributed by atoms with Crippen molar-refractivity contribution in [3.8, 4) is 0 Å². The van der Waals surface area contributed by atoms with E-state index in [2.05, 4.69) is 5.32 Å². The van der Waals surface area contributed by atoms with E-state index < -0.39 is 0 Å². The summed E-state index contributed by atoms with van der Waals surface area (Å²) in [5, 5.41) is 2.87. The average molecular weight is 100 g/mol. The van der Waals surface area contributed by atoms with Crippen molar-refractivity contribution in [2.75, 3.05) is 6.54 Å². The first-order valence-electron chi connectivity index (χ1n) is 2.33. The van der Waals surface area contributed by atoms with Gasteiger partial charge in [0.05, 0.1) is 6.04 Å². The maximum atomic E-state index is 10.1. The van der Waals surface area contributed by atoms with E-state index in [-0.39, 0.29) is 11.9 Å². The summed E-state index contributed by atoms with van der Waals surface area (Å²) in [6.07, 6.45) is 0.912. The third-order valence-corrected chi connectivity index (χ3v) is 1.17. The zero-order valence-electron chi connectivity index (χ0n) is 3.98. The summed E-state index contributed by atoms with van der Waals surface area (Å²) in [6.45, 7) is 0.938. The number of hydrogen-bond acceptors (Lipinski definition) is 2. The highest BCUT2D eigenvalue weighted by atomic mass is 16.1. The molecule has 0 spiro atoms. The van der Waals surface area contributed by atoms with Crippen LogP contribution in [-0.2, 0) is 4.79 Å². The van der Waals surface area contributed by atoms with E-state index in [0.717, 1.165) is 13.0 Å². The standard InChI is InChI=1S/C4H8N2O/c5-4(7)3-1-2-6-3/h3,6H,1-2H2,(H2,5,7)/t3-/m1/s1. The van der Waals surface area contributed by atoms with Crippen LogP contribution in [-0.4, -0.2) is 18.5 Å². The molecule has 3 nitrogen and oxygen atoms in total. The van der Waals surface area contributed by atoms with Crippen LogP contribution in [0.25, 0.3) is 0 Å². The first-order chi connectivity index (χ1) is 3.30. The number of carbonyl (C=O) groups excluding carboxylic acids is 1. The first-order valence-corrected chi connectivity index (χ1v) is 2.33. The van der Waals surface area contributed by atoms with Crippen molar-refractivity contribution in [3.63, 3.8) is 0 Å². The number of primary amides is 1. The molecule has 1 aliphatic rings. The van der Waals surface area contributed by atoms with Crippen LogP contribution < -0.4 is 11.1 Å². The lowest BCUT2D eigenvalue weighted by Gasteiger charge is -2.23. The number of nitrogens with one attached hydrogen (secondary N) is 1.